The number of thioether (sulfide) groups is 1. The van der Waals surface area contributed by atoms with Gasteiger partial charge in [-0.25, -0.2) is 4.98 Å². The number of hydrogen-bond acceptors (Lipinski definition) is 3. The molecule has 0 amide bonds. The lowest BCUT2D eigenvalue weighted by Crippen LogP contribution is -2.23. The van der Waals surface area contributed by atoms with Crippen molar-refractivity contribution in [1.82, 2.24) is 9.55 Å². The van der Waals surface area contributed by atoms with Crippen LogP contribution in [-0.2, 0) is 18.7 Å². The van der Waals surface area contributed by atoms with Gasteiger partial charge in [-0.2, -0.15) is 11.8 Å². The molecule has 0 aromatic carbocycles. The van der Waals surface area contributed by atoms with Gasteiger partial charge in [0.1, 0.15) is 5.82 Å². The molecule has 82 valence electrons. The number of aromatic nitrogens is 2. The van der Waals surface area contributed by atoms with Crippen molar-refractivity contribution in [1.29, 1.82) is 0 Å². The van der Waals surface area contributed by atoms with Crippen LogP contribution in [0.4, 0.5) is 0 Å². The molecule has 0 saturated heterocycles. The molecule has 2 heterocycles. The van der Waals surface area contributed by atoms with Crippen LogP contribution in [0.2, 0.25) is 0 Å². The Kier molecular flexibility index (Phi) is 2.29. The van der Waals surface area contributed by atoms with E-state index in [1.807, 2.05) is 18.0 Å². The molecule has 4 heteroatoms. The van der Waals surface area contributed by atoms with Crippen LogP contribution >= 0.6 is 11.8 Å². The van der Waals surface area contributed by atoms with Gasteiger partial charge in [0.05, 0.1) is 5.75 Å². The third kappa shape index (κ3) is 1.93. The minimum Gasteiger partial charge on any atom is -0.331 e. The van der Waals surface area contributed by atoms with Crippen LogP contribution in [0.1, 0.15) is 30.8 Å². The molecule has 0 bridgehead atoms. The Morgan fingerprint density at radius 2 is 2.40 bits per heavy atom. The lowest BCUT2D eigenvalue weighted by molar-refractivity contribution is 0.579. The summed E-state index contributed by atoms with van der Waals surface area (Å²) in [5, 5.41) is 0. The van der Waals surface area contributed by atoms with E-state index in [1.165, 1.54) is 30.1 Å². The maximum absolute atomic E-state index is 6.11. The molecule has 1 saturated carbocycles. The minimum absolute atomic E-state index is 0.175. The fraction of sp³-hybridized carbons (Fsp3) is 0.727. The lowest BCUT2D eigenvalue weighted by atomic mass is 10.1. The van der Waals surface area contributed by atoms with Crippen LogP contribution < -0.4 is 5.73 Å². The highest BCUT2D eigenvalue weighted by Crippen LogP contribution is 2.36. The summed E-state index contributed by atoms with van der Waals surface area (Å²) in [5.74, 6) is 3.56. The minimum atomic E-state index is 0.175. The van der Waals surface area contributed by atoms with Gasteiger partial charge in [0, 0.05) is 29.7 Å². The molecule has 1 aromatic heterocycles. The number of aryl methyl sites for hydroxylation is 1. The molecule has 0 unspecified atom stereocenters. The maximum atomic E-state index is 6.11. The quantitative estimate of drug-likeness (QED) is 0.845. The van der Waals surface area contributed by atoms with Crippen molar-refractivity contribution >= 4 is 11.8 Å². The van der Waals surface area contributed by atoms with Gasteiger partial charge in [-0.05, 0) is 25.7 Å². The summed E-state index contributed by atoms with van der Waals surface area (Å²) in [6.45, 7) is 1.13. The summed E-state index contributed by atoms with van der Waals surface area (Å²) in [5.41, 5.74) is 7.67. The third-order valence-electron chi connectivity index (χ3n) is 3.48. The Labute approximate surface area is 94.4 Å². The zero-order chi connectivity index (χ0) is 10.3. The highest BCUT2D eigenvalue weighted by molar-refractivity contribution is 7.98. The van der Waals surface area contributed by atoms with Crippen molar-refractivity contribution in [3.63, 3.8) is 0 Å². The van der Waals surface area contributed by atoms with Crippen molar-refractivity contribution < 1.29 is 0 Å². The molecule has 3 nitrogen and oxygen atoms in total. The summed E-state index contributed by atoms with van der Waals surface area (Å²) in [6, 6.07) is 0. The Morgan fingerprint density at radius 3 is 3.20 bits per heavy atom. The second-order valence-corrected chi connectivity index (χ2v) is 5.84. The van der Waals surface area contributed by atoms with Crippen molar-refractivity contribution in [2.45, 2.75) is 43.5 Å². The average Bonchev–Trinajstić information content (AvgIpc) is 2.86. The smallest absolute Gasteiger partial charge is 0.118 e. The van der Waals surface area contributed by atoms with Gasteiger partial charge >= 0.3 is 0 Å². The molecule has 2 N–H and O–H groups in total. The monoisotopic (exact) mass is 223 g/mol. The zero-order valence-electron chi connectivity index (χ0n) is 8.91. The number of rotatable bonds is 3. The van der Waals surface area contributed by atoms with Crippen LogP contribution in [0, 0.1) is 0 Å². The van der Waals surface area contributed by atoms with Crippen molar-refractivity contribution in [3.8, 4) is 0 Å². The second kappa shape index (κ2) is 3.52. The molecule has 1 aromatic rings. The normalized spacial score (nSPS) is 22.5. The molecule has 1 aliphatic heterocycles. The van der Waals surface area contributed by atoms with E-state index in [9.17, 15) is 0 Å². The van der Waals surface area contributed by atoms with Gasteiger partial charge in [0.2, 0.25) is 0 Å². The molecular weight excluding hydrogens is 206 g/mol. The summed E-state index contributed by atoms with van der Waals surface area (Å²) in [4.78, 5) is 4.48. The van der Waals surface area contributed by atoms with E-state index < -0.39 is 0 Å². The van der Waals surface area contributed by atoms with Gasteiger partial charge in [0.25, 0.3) is 0 Å². The van der Waals surface area contributed by atoms with Crippen LogP contribution in [0.3, 0.4) is 0 Å². The van der Waals surface area contributed by atoms with Gasteiger partial charge in [-0.15, -0.1) is 0 Å². The summed E-state index contributed by atoms with van der Waals surface area (Å²) in [6.07, 6.45) is 6.71. The number of fused-ring (bicyclic) bond motifs is 1. The number of imidazole rings is 1. The molecule has 15 heavy (non-hydrogen) atoms. The van der Waals surface area contributed by atoms with Gasteiger partial charge in [-0.3, -0.25) is 0 Å². The van der Waals surface area contributed by atoms with Gasteiger partial charge in [0.15, 0.2) is 0 Å². The highest BCUT2D eigenvalue weighted by Gasteiger charge is 2.37. The number of hydrogen-bond donors (Lipinski definition) is 1. The Balaban J connectivity index is 1.71. The average molecular weight is 223 g/mol. The molecule has 0 atom stereocenters. The van der Waals surface area contributed by atoms with Gasteiger partial charge < -0.3 is 10.3 Å². The van der Waals surface area contributed by atoms with E-state index in [4.69, 9.17) is 5.73 Å². The fourth-order valence-corrected chi connectivity index (χ4v) is 3.02. The van der Waals surface area contributed by atoms with E-state index >= 15 is 0 Å². The molecule has 0 spiro atoms. The molecule has 0 radical (unpaired) electrons. The van der Waals surface area contributed by atoms with E-state index in [0.717, 1.165) is 25.1 Å². The topological polar surface area (TPSA) is 43.8 Å². The van der Waals surface area contributed by atoms with Crippen LogP contribution in [-0.4, -0.2) is 20.8 Å². The third-order valence-corrected chi connectivity index (χ3v) is 4.42. The summed E-state index contributed by atoms with van der Waals surface area (Å²) in [7, 11) is 0. The summed E-state index contributed by atoms with van der Waals surface area (Å²) < 4.78 is 2.39. The van der Waals surface area contributed by atoms with Crippen molar-refractivity contribution in [3.05, 3.63) is 17.7 Å². The molecular formula is C11H17N3S. The predicted molar refractivity (Wildman–Crippen MR) is 62.9 cm³/mol. The van der Waals surface area contributed by atoms with Crippen LogP contribution in [0.25, 0.3) is 0 Å². The first-order chi connectivity index (χ1) is 7.27. The highest BCUT2D eigenvalue weighted by atomic mass is 32.2. The Hall–Kier alpha value is -0.480. The van der Waals surface area contributed by atoms with E-state index in [2.05, 4.69) is 9.55 Å². The standard InChI is InChI=1S/C11H17N3S/c12-11(3-4-11)2-1-9-7-13-10-8-15-6-5-14(9)10/h7H,1-6,8,12H2. The van der Waals surface area contributed by atoms with Crippen molar-refractivity contribution in [2.24, 2.45) is 5.73 Å². The maximum Gasteiger partial charge on any atom is 0.118 e. The molecule has 1 aliphatic carbocycles. The zero-order valence-corrected chi connectivity index (χ0v) is 9.72. The Morgan fingerprint density at radius 1 is 1.53 bits per heavy atom. The first-order valence-electron chi connectivity index (χ1n) is 5.67. The Bertz CT molecular complexity index is 368. The first-order valence-corrected chi connectivity index (χ1v) is 6.82. The van der Waals surface area contributed by atoms with Gasteiger partial charge in [-0.1, -0.05) is 0 Å². The van der Waals surface area contributed by atoms with E-state index in [-0.39, 0.29) is 5.54 Å². The molecule has 2 aliphatic rings. The largest absolute Gasteiger partial charge is 0.331 e. The van der Waals surface area contributed by atoms with E-state index in [1.54, 1.807) is 0 Å². The number of nitrogens with zero attached hydrogens (tertiary/aromatic N) is 2. The predicted octanol–water partition coefficient (Wildman–Crippen LogP) is 1.55. The second-order valence-electron chi connectivity index (χ2n) is 4.73. The molecule has 3 rings (SSSR count). The fourth-order valence-electron chi connectivity index (χ4n) is 2.15. The lowest BCUT2D eigenvalue weighted by Gasteiger charge is -2.17. The summed E-state index contributed by atoms with van der Waals surface area (Å²) >= 11 is 1.98. The van der Waals surface area contributed by atoms with E-state index in [0.29, 0.717) is 0 Å². The SMILES string of the molecule is NC1(CCc2cnc3n2CCSC3)CC1. The number of nitrogens with two attached hydrogens (primary N) is 1. The van der Waals surface area contributed by atoms with Crippen molar-refractivity contribution in [2.75, 3.05) is 5.75 Å². The van der Waals surface area contributed by atoms with Crippen LogP contribution in [0.5, 0.6) is 0 Å². The van der Waals surface area contributed by atoms with Crippen LogP contribution in [0.15, 0.2) is 6.20 Å². The first kappa shape index (κ1) is 9.73. The molecule has 1 fully saturated rings.